The summed E-state index contributed by atoms with van der Waals surface area (Å²) in [6, 6.07) is 7.65. The van der Waals surface area contributed by atoms with Crippen molar-refractivity contribution in [2.75, 3.05) is 19.3 Å². The largest absolute Gasteiger partial charge is 0.390 e. The molecule has 0 spiro atoms. The molecule has 38 heavy (non-hydrogen) atoms. The van der Waals surface area contributed by atoms with Gasteiger partial charge in [0.15, 0.2) is 0 Å². The summed E-state index contributed by atoms with van der Waals surface area (Å²) in [5.41, 5.74) is 7.36. The van der Waals surface area contributed by atoms with E-state index in [1.165, 1.54) is 30.5 Å². The number of halogens is 4. The number of likely N-dealkylation sites (N-methyl/N-ethyl adjacent to an activating group) is 1. The molecule has 1 aliphatic carbocycles. The number of nitrogens with zero attached hydrogens (tertiary/aromatic N) is 2. The van der Waals surface area contributed by atoms with E-state index in [1.807, 2.05) is 0 Å². The van der Waals surface area contributed by atoms with Crippen molar-refractivity contribution in [2.24, 2.45) is 0 Å². The van der Waals surface area contributed by atoms with Crippen LogP contribution in [-0.4, -0.2) is 46.8 Å². The third-order valence-corrected chi connectivity index (χ3v) is 6.92. The molecule has 3 aromatic rings. The van der Waals surface area contributed by atoms with E-state index in [1.54, 1.807) is 13.1 Å². The summed E-state index contributed by atoms with van der Waals surface area (Å²) in [4.78, 5) is 21.6. The molecule has 0 unspecified atom stereocenters. The number of aromatic nitrogens is 2. The number of anilines is 1. The molecule has 0 aliphatic heterocycles. The number of carbonyl (C=O) groups excluding carboxylic acids is 1. The Balaban J connectivity index is 0.00000400. The molecule has 1 aromatic heterocycles. The number of nitrogen functional groups attached to an aromatic ring is 1. The number of benzene rings is 2. The Morgan fingerprint density at radius 3 is 2.66 bits per heavy atom. The molecular formula is C27H31BrF3N5O2. The second-order valence-electron chi connectivity index (χ2n) is 9.10. The minimum absolute atomic E-state index is 0. The highest BCUT2D eigenvalue weighted by molar-refractivity contribution is 9.10. The lowest BCUT2D eigenvalue weighted by Crippen LogP contribution is -2.35. The highest BCUT2D eigenvalue weighted by Gasteiger charge is 2.31. The van der Waals surface area contributed by atoms with Crippen LogP contribution in [0.2, 0.25) is 0 Å². The van der Waals surface area contributed by atoms with Crippen molar-refractivity contribution in [2.45, 2.75) is 50.9 Å². The molecule has 2 aromatic carbocycles. The Kier molecular flexibility index (Phi) is 9.86. The number of nitrogens with one attached hydrogen (secondary N) is 2. The van der Waals surface area contributed by atoms with Gasteiger partial charge in [0.2, 0.25) is 0 Å². The van der Waals surface area contributed by atoms with Crippen LogP contribution < -0.4 is 16.4 Å². The maximum absolute atomic E-state index is 15.1. The predicted octanol–water partition coefficient (Wildman–Crippen LogP) is 5.06. The van der Waals surface area contributed by atoms with E-state index in [0.717, 1.165) is 6.07 Å². The van der Waals surface area contributed by atoms with E-state index in [4.69, 9.17) is 5.73 Å². The number of rotatable bonds is 7. The Morgan fingerprint density at radius 1 is 1.24 bits per heavy atom. The van der Waals surface area contributed by atoms with E-state index in [2.05, 4.69) is 36.5 Å². The van der Waals surface area contributed by atoms with Gasteiger partial charge in [-0.05, 0) is 62.2 Å². The zero-order chi connectivity index (χ0) is 26.7. The number of alkyl halides is 1. The van der Waals surface area contributed by atoms with E-state index >= 15 is 4.39 Å². The van der Waals surface area contributed by atoms with Crippen LogP contribution in [0.5, 0.6) is 0 Å². The van der Waals surface area contributed by atoms with Gasteiger partial charge < -0.3 is 21.5 Å². The average molecular weight is 594 g/mol. The minimum atomic E-state index is -1.35. The number of aliphatic hydroxyl groups is 1. The number of amides is 1. The smallest absolute Gasteiger partial charge is 0.254 e. The van der Waals surface area contributed by atoms with Crippen molar-refractivity contribution in [1.82, 2.24) is 20.6 Å². The Morgan fingerprint density at radius 2 is 2.00 bits per heavy atom. The van der Waals surface area contributed by atoms with Crippen LogP contribution in [-0.2, 0) is 0 Å². The standard InChI is InChI=1S/C26H27BrF3N5O2.CH4/c1-32-11-21(15-6-16(27)10-17(28)7-15)35-26(37)18-4-2-14(9-19(18)29)24-25(31)33-12-22(34-24)13-3-5-23(36)20(30)8-13;/h2,4,6-7,9-10,12-13,20-21,23,32,36H,3,5,8,11H2,1H3,(H2,31,33)(H,35,37);1H4/t13-,20-,21+,23-;/m0./s1. The summed E-state index contributed by atoms with van der Waals surface area (Å²) in [5, 5.41) is 15.3. The summed E-state index contributed by atoms with van der Waals surface area (Å²) >= 11 is 3.24. The molecule has 0 saturated heterocycles. The molecule has 0 radical (unpaired) electrons. The van der Waals surface area contributed by atoms with Crippen molar-refractivity contribution in [3.05, 3.63) is 75.5 Å². The molecular weight excluding hydrogens is 563 g/mol. The molecule has 4 rings (SSSR count). The molecule has 4 atom stereocenters. The molecule has 7 nitrogen and oxygen atoms in total. The fourth-order valence-corrected chi connectivity index (χ4v) is 4.99. The lowest BCUT2D eigenvalue weighted by Gasteiger charge is -2.28. The Labute approximate surface area is 228 Å². The normalized spacial score (nSPS) is 19.9. The molecule has 1 fully saturated rings. The number of carbonyl (C=O) groups is 1. The van der Waals surface area contributed by atoms with Crippen molar-refractivity contribution >= 4 is 27.7 Å². The summed E-state index contributed by atoms with van der Waals surface area (Å²) in [5.74, 6) is -2.12. The molecule has 204 valence electrons. The fraction of sp³-hybridized carbons (Fsp3) is 0.370. The molecule has 11 heteroatoms. The van der Waals surface area contributed by atoms with Crippen molar-refractivity contribution in [3.8, 4) is 11.3 Å². The Bertz CT molecular complexity index is 1280. The van der Waals surface area contributed by atoms with Crippen molar-refractivity contribution in [1.29, 1.82) is 0 Å². The van der Waals surface area contributed by atoms with Crippen LogP contribution in [0.4, 0.5) is 19.0 Å². The highest BCUT2D eigenvalue weighted by Crippen LogP contribution is 2.35. The molecule has 1 aliphatic rings. The third kappa shape index (κ3) is 6.69. The lowest BCUT2D eigenvalue weighted by molar-refractivity contribution is 0.0363. The predicted molar refractivity (Wildman–Crippen MR) is 144 cm³/mol. The van der Waals surface area contributed by atoms with Crippen LogP contribution >= 0.6 is 15.9 Å². The molecule has 1 heterocycles. The van der Waals surface area contributed by atoms with Gasteiger partial charge in [-0.15, -0.1) is 0 Å². The molecule has 1 saturated carbocycles. The van der Waals surface area contributed by atoms with Crippen LogP contribution in [0.3, 0.4) is 0 Å². The zero-order valence-electron chi connectivity index (χ0n) is 20.0. The first-order chi connectivity index (χ1) is 17.7. The highest BCUT2D eigenvalue weighted by atomic mass is 79.9. The van der Waals surface area contributed by atoms with Gasteiger partial charge in [-0.3, -0.25) is 4.79 Å². The fourth-order valence-electron chi connectivity index (χ4n) is 4.50. The average Bonchev–Trinajstić information content (AvgIpc) is 2.85. The number of aliphatic hydroxyl groups excluding tert-OH is 1. The van der Waals surface area contributed by atoms with Gasteiger partial charge >= 0.3 is 0 Å². The van der Waals surface area contributed by atoms with Crippen LogP contribution in [0.15, 0.2) is 47.1 Å². The van der Waals surface area contributed by atoms with Gasteiger partial charge in [-0.1, -0.05) is 29.4 Å². The SMILES string of the molecule is C.CNC[C@@H](NC(=O)c1ccc(-c2nc([C@H]3CC[C@H](O)[C@@H](F)C3)cnc2N)cc1F)c1cc(F)cc(Br)c1. The van der Waals surface area contributed by atoms with Gasteiger partial charge in [0, 0.05) is 22.5 Å². The van der Waals surface area contributed by atoms with E-state index in [9.17, 15) is 18.7 Å². The van der Waals surface area contributed by atoms with E-state index in [-0.39, 0.29) is 43.4 Å². The van der Waals surface area contributed by atoms with Gasteiger partial charge in [-0.25, -0.2) is 23.1 Å². The second kappa shape index (κ2) is 12.7. The first-order valence-corrected chi connectivity index (χ1v) is 12.6. The molecule has 0 bridgehead atoms. The minimum Gasteiger partial charge on any atom is -0.390 e. The first-order valence-electron chi connectivity index (χ1n) is 11.8. The summed E-state index contributed by atoms with van der Waals surface area (Å²) in [6.07, 6.45) is 0.105. The van der Waals surface area contributed by atoms with Crippen molar-refractivity contribution in [3.63, 3.8) is 0 Å². The quantitative estimate of drug-likeness (QED) is 0.304. The second-order valence-corrected chi connectivity index (χ2v) is 10.0. The van der Waals surface area contributed by atoms with Crippen molar-refractivity contribution < 1.29 is 23.1 Å². The summed E-state index contributed by atoms with van der Waals surface area (Å²) < 4.78 is 43.6. The summed E-state index contributed by atoms with van der Waals surface area (Å²) in [7, 11) is 1.69. The summed E-state index contributed by atoms with van der Waals surface area (Å²) in [6.45, 7) is 0.290. The zero-order valence-corrected chi connectivity index (χ0v) is 21.6. The van der Waals surface area contributed by atoms with Gasteiger partial charge in [0.25, 0.3) is 5.91 Å². The monoisotopic (exact) mass is 593 g/mol. The van der Waals surface area contributed by atoms with Crippen LogP contribution in [0.1, 0.15) is 60.3 Å². The third-order valence-electron chi connectivity index (χ3n) is 6.46. The number of nitrogens with two attached hydrogens (primary N) is 1. The number of hydrogen-bond donors (Lipinski definition) is 4. The Hall–Kier alpha value is -3.02. The topological polar surface area (TPSA) is 113 Å². The van der Waals surface area contributed by atoms with E-state index < -0.39 is 35.9 Å². The van der Waals surface area contributed by atoms with Gasteiger partial charge in [0.1, 0.15) is 29.3 Å². The maximum atomic E-state index is 15.1. The van der Waals surface area contributed by atoms with E-state index in [0.29, 0.717) is 34.1 Å². The van der Waals surface area contributed by atoms with Crippen LogP contribution in [0.25, 0.3) is 11.3 Å². The molecule has 5 N–H and O–H groups in total. The number of hydrogen-bond acceptors (Lipinski definition) is 6. The first kappa shape index (κ1) is 29.5. The van der Waals surface area contributed by atoms with Gasteiger partial charge in [-0.2, -0.15) is 0 Å². The van der Waals surface area contributed by atoms with Crippen LogP contribution in [0, 0.1) is 11.6 Å². The van der Waals surface area contributed by atoms with Gasteiger partial charge in [0.05, 0.1) is 29.6 Å². The molecule has 1 amide bonds. The maximum Gasteiger partial charge on any atom is 0.254 e. The lowest BCUT2D eigenvalue weighted by atomic mass is 9.84.